The SMILES string of the molecule is COC(=O)c1ccc2nn(Cc3ccc(OC)cc3)cc2c1. The van der Waals surface area contributed by atoms with Crippen LogP contribution in [0.15, 0.2) is 48.7 Å². The summed E-state index contributed by atoms with van der Waals surface area (Å²) in [6.07, 6.45) is 1.92. The van der Waals surface area contributed by atoms with Crippen molar-refractivity contribution in [1.29, 1.82) is 0 Å². The quantitative estimate of drug-likeness (QED) is 0.695. The highest BCUT2D eigenvalue weighted by Gasteiger charge is 2.08. The molecule has 2 aromatic carbocycles. The van der Waals surface area contributed by atoms with E-state index in [1.807, 2.05) is 41.2 Å². The highest BCUT2D eigenvalue weighted by atomic mass is 16.5. The average Bonchev–Trinajstić information content (AvgIpc) is 2.96. The van der Waals surface area contributed by atoms with Gasteiger partial charge in [-0.3, -0.25) is 4.68 Å². The van der Waals surface area contributed by atoms with Crippen molar-refractivity contribution in [3.05, 3.63) is 59.8 Å². The summed E-state index contributed by atoms with van der Waals surface area (Å²) < 4.78 is 11.7. The molecule has 0 saturated carbocycles. The van der Waals surface area contributed by atoms with Crippen LogP contribution in [0.1, 0.15) is 15.9 Å². The third-order valence-electron chi connectivity index (χ3n) is 3.48. The summed E-state index contributed by atoms with van der Waals surface area (Å²) in [7, 11) is 3.02. The van der Waals surface area contributed by atoms with Crippen LogP contribution in [0.3, 0.4) is 0 Å². The van der Waals surface area contributed by atoms with E-state index < -0.39 is 0 Å². The Morgan fingerprint density at radius 2 is 1.91 bits per heavy atom. The Kier molecular flexibility index (Phi) is 3.78. The Balaban J connectivity index is 1.86. The van der Waals surface area contributed by atoms with Gasteiger partial charge in [0.05, 0.1) is 31.8 Å². The minimum Gasteiger partial charge on any atom is -0.497 e. The van der Waals surface area contributed by atoms with Gasteiger partial charge < -0.3 is 9.47 Å². The van der Waals surface area contributed by atoms with E-state index in [0.29, 0.717) is 12.1 Å². The number of ether oxygens (including phenoxy) is 2. The second-order valence-corrected chi connectivity index (χ2v) is 4.94. The molecule has 0 radical (unpaired) electrons. The smallest absolute Gasteiger partial charge is 0.337 e. The van der Waals surface area contributed by atoms with E-state index >= 15 is 0 Å². The van der Waals surface area contributed by atoms with Crippen molar-refractivity contribution < 1.29 is 14.3 Å². The van der Waals surface area contributed by atoms with Gasteiger partial charge in [-0.05, 0) is 35.9 Å². The van der Waals surface area contributed by atoms with Gasteiger partial charge in [0.15, 0.2) is 0 Å². The number of esters is 1. The molecular weight excluding hydrogens is 280 g/mol. The van der Waals surface area contributed by atoms with Crippen molar-refractivity contribution in [3.8, 4) is 5.75 Å². The molecule has 0 saturated heterocycles. The molecule has 0 bridgehead atoms. The van der Waals surface area contributed by atoms with Crippen LogP contribution >= 0.6 is 0 Å². The van der Waals surface area contributed by atoms with Gasteiger partial charge >= 0.3 is 5.97 Å². The molecule has 0 unspecified atom stereocenters. The molecule has 22 heavy (non-hydrogen) atoms. The van der Waals surface area contributed by atoms with Crippen LogP contribution in [0.5, 0.6) is 5.75 Å². The second-order valence-electron chi connectivity index (χ2n) is 4.94. The van der Waals surface area contributed by atoms with Crippen molar-refractivity contribution in [3.63, 3.8) is 0 Å². The van der Waals surface area contributed by atoms with Crippen molar-refractivity contribution in [2.24, 2.45) is 0 Å². The van der Waals surface area contributed by atoms with Gasteiger partial charge in [0.2, 0.25) is 0 Å². The van der Waals surface area contributed by atoms with E-state index in [4.69, 9.17) is 9.47 Å². The van der Waals surface area contributed by atoms with Gasteiger partial charge in [0, 0.05) is 11.6 Å². The van der Waals surface area contributed by atoms with Crippen LogP contribution in [0.2, 0.25) is 0 Å². The predicted molar refractivity (Wildman–Crippen MR) is 83.2 cm³/mol. The number of methoxy groups -OCH3 is 2. The number of carbonyl (C=O) groups excluding carboxylic acids is 1. The lowest BCUT2D eigenvalue weighted by Gasteiger charge is -2.03. The van der Waals surface area contributed by atoms with E-state index in [2.05, 4.69) is 5.10 Å². The van der Waals surface area contributed by atoms with Crippen molar-refractivity contribution >= 4 is 16.9 Å². The topological polar surface area (TPSA) is 53.3 Å². The number of aromatic nitrogens is 2. The largest absolute Gasteiger partial charge is 0.497 e. The van der Waals surface area contributed by atoms with Crippen LogP contribution < -0.4 is 4.74 Å². The first kappa shape index (κ1) is 14.1. The fourth-order valence-corrected chi connectivity index (χ4v) is 2.32. The van der Waals surface area contributed by atoms with Crippen molar-refractivity contribution in [2.45, 2.75) is 6.54 Å². The summed E-state index contributed by atoms with van der Waals surface area (Å²) in [5.41, 5.74) is 2.50. The van der Waals surface area contributed by atoms with E-state index in [9.17, 15) is 4.79 Å². The molecule has 0 aliphatic carbocycles. The van der Waals surface area contributed by atoms with Crippen molar-refractivity contribution in [2.75, 3.05) is 14.2 Å². The molecular formula is C17H16N2O3. The summed E-state index contributed by atoms with van der Waals surface area (Å²) in [5.74, 6) is 0.488. The fourth-order valence-electron chi connectivity index (χ4n) is 2.32. The molecule has 0 aliphatic heterocycles. The molecule has 0 N–H and O–H groups in total. The Morgan fingerprint density at radius 1 is 1.14 bits per heavy atom. The molecule has 0 amide bonds. The van der Waals surface area contributed by atoms with Crippen LogP contribution in [0, 0.1) is 0 Å². The zero-order valence-corrected chi connectivity index (χ0v) is 12.4. The molecule has 0 atom stereocenters. The predicted octanol–water partition coefficient (Wildman–Crippen LogP) is 2.88. The molecule has 5 nitrogen and oxygen atoms in total. The van der Waals surface area contributed by atoms with E-state index in [1.165, 1.54) is 7.11 Å². The maximum Gasteiger partial charge on any atom is 0.337 e. The maximum atomic E-state index is 11.6. The van der Waals surface area contributed by atoms with Crippen LogP contribution in [-0.2, 0) is 11.3 Å². The third-order valence-corrected chi connectivity index (χ3v) is 3.48. The standard InChI is InChI=1S/C17H16N2O3/c1-21-15-6-3-12(4-7-15)10-19-11-14-9-13(17(20)22-2)5-8-16(14)18-19/h3-9,11H,10H2,1-2H3. The third kappa shape index (κ3) is 2.79. The Morgan fingerprint density at radius 3 is 2.59 bits per heavy atom. The minimum absolute atomic E-state index is 0.343. The monoisotopic (exact) mass is 296 g/mol. The lowest BCUT2D eigenvalue weighted by molar-refractivity contribution is 0.0601. The summed E-state index contributed by atoms with van der Waals surface area (Å²) >= 11 is 0. The normalized spacial score (nSPS) is 10.6. The van der Waals surface area contributed by atoms with E-state index in [1.54, 1.807) is 19.2 Å². The number of benzene rings is 2. The fraction of sp³-hybridized carbons (Fsp3) is 0.176. The summed E-state index contributed by atoms with van der Waals surface area (Å²) in [4.78, 5) is 11.6. The lowest BCUT2D eigenvalue weighted by Crippen LogP contribution is -2.00. The second kappa shape index (κ2) is 5.89. The molecule has 5 heteroatoms. The average molecular weight is 296 g/mol. The van der Waals surface area contributed by atoms with Gasteiger partial charge in [-0.2, -0.15) is 5.10 Å². The first-order chi connectivity index (χ1) is 10.7. The lowest BCUT2D eigenvalue weighted by atomic mass is 10.1. The zero-order valence-electron chi connectivity index (χ0n) is 12.4. The van der Waals surface area contributed by atoms with Gasteiger partial charge in [0.1, 0.15) is 5.75 Å². The minimum atomic E-state index is -0.343. The molecule has 3 rings (SSSR count). The van der Waals surface area contributed by atoms with E-state index in [-0.39, 0.29) is 5.97 Å². The molecule has 112 valence electrons. The first-order valence-electron chi connectivity index (χ1n) is 6.88. The summed E-state index contributed by atoms with van der Waals surface area (Å²) in [5, 5.41) is 5.42. The maximum absolute atomic E-state index is 11.6. The van der Waals surface area contributed by atoms with Gasteiger partial charge in [-0.15, -0.1) is 0 Å². The highest BCUT2D eigenvalue weighted by Crippen LogP contribution is 2.17. The van der Waals surface area contributed by atoms with E-state index in [0.717, 1.165) is 22.2 Å². The van der Waals surface area contributed by atoms with Gasteiger partial charge in [-0.1, -0.05) is 12.1 Å². The van der Waals surface area contributed by atoms with Gasteiger partial charge in [0.25, 0.3) is 0 Å². The summed E-state index contributed by atoms with van der Waals surface area (Å²) in [6, 6.07) is 13.2. The molecule has 0 fully saturated rings. The number of rotatable bonds is 4. The van der Waals surface area contributed by atoms with Crippen LogP contribution in [0.4, 0.5) is 0 Å². The summed E-state index contributed by atoms with van der Waals surface area (Å²) in [6.45, 7) is 0.659. The number of nitrogens with zero attached hydrogens (tertiary/aromatic N) is 2. The Hall–Kier alpha value is -2.82. The molecule has 0 spiro atoms. The van der Waals surface area contributed by atoms with Crippen LogP contribution in [-0.4, -0.2) is 30.0 Å². The molecule has 3 aromatic rings. The number of fused-ring (bicyclic) bond motifs is 1. The Bertz CT molecular complexity index is 806. The van der Waals surface area contributed by atoms with Crippen molar-refractivity contribution in [1.82, 2.24) is 9.78 Å². The van der Waals surface area contributed by atoms with Gasteiger partial charge in [-0.25, -0.2) is 4.79 Å². The number of hydrogen-bond acceptors (Lipinski definition) is 4. The zero-order chi connectivity index (χ0) is 15.5. The molecule has 0 aliphatic rings. The first-order valence-corrected chi connectivity index (χ1v) is 6.88. The van der Waals surface area contributed by atoms with Crippen LogP contribution in [0.25, 0.3) is 10.9 Å². The number of carbonyl (C=O) groups is 1. The molecule has 1 heterocycles. The number of hydrogen-bond donors (Lipinski definition) is 0. The molecule has 1 aromatic heterocycles. The Labute approximate surface area is 128 Å². The highest BCUT2D eigenvalue weighted by molar-refractivity contribution is 5.94.